The minimum atomic E-state index is 0.897. The second-order valence-corrected chi connectivity index (χ2v) is 4.38. The van der Waals surface area contributed by atoms with Crippen LogP contribution >= 0.6 is 0 Å². The van der Waals surface area contributed by atoms with E-state index in [1.54, 1.807) is 6.20 Å². The number of hydrogen-bond acceptors (Lipinski definition) is 4. The van der Waals surface area contributed by atoms with E-state index in [0.29, 0.717) is 0 Å². The molecule has 18 heavy (non-hydrogen) atoms. The van der Waals surface area contributed by atoms with Crippen molar-refractivity contribution in [2.24, 2.45) is 0 Å². The van der Waals surface area contributed by atoms with Crippen LogP contribution in [0.3, 0.4) is 0 Å². The summed E-state index contributed by atoms with van der Waals surface area (Å²) in [6, 6.07) is 9.85. The molecule has 0 radical (unpaired) electrons. The van der Waals surface area contributed by atoms with E-state index in [2.05, 4.69) is 34.3 Å². The number of likely N-dealkylation sites (N-methyl/N-ethyl adjacent to an activating group) is 1. The van der Waals surface area contributed by atoms with E-state index < -0.39 is 0 Å². The molecule has 2 aromatic rings. The second-order valence-electron chi connectivity index (χ2n) is 4.38. The number of anilines is 1. The summed E-state index contributed by atoms with van der Waals surface area (Å²) < 4.78 is 0. The zero-order valence-corrected chi connectivity index (χ0v) is 10.8. The lowest BCUT2D eigenvalue weighted by atomic mass is 10.2. The second kappa shape index (κ2) is 6.12. The fourth-order valence-electron chi connectivity index (χ4n) is 1.59. The highest BCUT2D eigenvalue weighted by Gasteiger charge is 1.99. The zero-order chi connectivity index (χ0) is 12.8. The van der Waals surface area contributed by atoms with E-state index in [1.807, 2.05) is 36.5 Å². The van der Waals surface area contributed by atoms with Gasteiger partial charge in [-0.1, -0.05) is 6.07 Å². The van der Waals surface area contributed by atoms with Gasteiger partial charge in [-0.2, -0.15) is 0 Å². The summed E-state index contributed by atoms with van der Waals surface area (Å²) in [5, 5.41) is 3.33. The summed E-state index contributed by atoms with van der Waals surface area (Å²) in [4.78, 5) is 10.8. The van der Waals surface area contributed by atoms with Crippen molar-refractivity contribution in [2.75, 3.05) is 32.5 Å². The van der Waals surface area contributed by atoms with Crippen molar-refractivity contribution in [1.82, 2.24) is 14.9 Å². The fraction of sp³-hybridized carbons (Fsp3) is 0.286. The predicted octanol–water partition coefficient (Wildman–Crippen LogP) is 2.12. The summed E-state index contributed by atoms with van der Waals surface area (Å²) >= 11 is 0. The third-order valence-electron chi connectivity index (χ3n) is 2.58. The van der Waals surface area contributed by atoms with Crippen LogP contribution in [0.1, 0.15) is 0 Å². The van der Waals surface area contributed by atoms with Crippen molar-refractivity contribution < 1.29 is 0 Å². The van der Waals surface area contributed by atoms with Crippen LogP contribution in [-0.2, 0) is 0 Å². The highest BCUT2D eigenvalue weighted by Crippen LogP contribution is 2.15. The smallest absolute Gasteiger partial charge is 0.0887 e. The standard InChI is InChI=1S/C14H18N4/c1-18(2)10-9-15-12-6-7-14(17-11-12)13-5-3-4-8-16-13/h3-8,11,15H,9-10H2,1-2H3. The molecule has 2 heterocycles. The van der Waals surface area contributed by atoms with Gasteiger partial charge in [0.25, 0.3) is 0 Å². The van der Waals surface area contributed by atoms with Crippen LogP contribution in [-0.4, -0.2) is 42.1 Å². The minimum Gasteiger partial charge on any atom is -0.383 e. The molecular formula is C14H18N4. The molecule has 4 heteroatoms. The average Bonchev–Trinajstić information content (AvgIpc) is 2.40. The molecule has 0 aliphatic rings. The number of nitrogens with one attached hydrogen (secondary N) is 1. The maximum absolute atomic E-state index is 4.41. The van der Waals surface area contributed by atoms with Gasteiger partial charge >= 0.3 is 0 Å². The third-order valence-corrected chi connectivity index (χ3v) is 2.58. The summed E-state index contributed by atoms with van der Waals surface area (Å²) in [6.07, 6.45) is 3.62. The van der Waals surface area contributed by atoms with E-state index in [1.165, 1.54) is 0 Å². The molecule has 4 nitrogen and oxygen atoms in total. The van der Waals surface area contributed by atoms with Gasteiger partial charge in [-0.3, -0.25) is 9.97 Å². The number of rotatable bonds is 5. The lowest BCUT2D eigenvalue weighted by molar-refractivity contribution is 0.425. The Morgan fingerprint density at radius 2 is 1.89 bits per heavy atom. The summed E-state index contributed by atoms with van der Waals surface area (Å²) in [7, 11) is 4.12. The molecule has 0 saturated carbocycles. The van der Waals surface area contributed by atoms with Crippen LogP contribution in [0.5, 0.6) is 0 Å². The molecule has 0 fully saturated rings. The van der Waals surface area contributed by atoms with Gasteiger partial charge in [-0.05, 0) is 38.4 Å². The molecule has 0 bridgehead atoms. The Hall–Kier alpha value is -1.94. The molecule has 0 atom stereocenters. The van der Waals surface area contributed by atoms with E-state index in [-0.39, 0.29) is 0 Å². The maximum atomic E-state index is 4.41. The first-order valence-corrected chi connectivity index (χ1v) is 6.02. The van der Waals surface area contributed by atoms with Gasteiger partial charge in [0, 0.05) is 19.3 Å². The molecule has 0 aliphatic heterocycles. The molecule has 2 rings (SSSR count). The van der Waals surface area contributed by atoms with Crippen LogP contribution in [0.25, 0.3) is 11.4 Å². The molecule has 0 saturated heterocycles. The Labute approximate surface area is 108 Å². The Morgan fingerprint density at radius 1 is 1.06 bits per heavy atom. The molecule has 94 valence electrons. The van der Waals surface area contributed by atoms with Gasteiger partial charge in [0.2, 0.25) is 0 Å². The summed E-state index contributed by atoms with van der Waals surface area (Å²) in [5.41, 5.74) is 2.84. The Morgan fingerprint density at radius 3 is 2.50 bits per heavy atom. The molecule has 0 spiro atoms. The van der Waals surface area contributed by atoms with E-state index >= 15 is 0 Å². The topological polar surface area (TPSA) is 41.0 Å². The number of hydrogen-bond donors (Lipinski definition) is 1. The Bertz CT molecular complexity index is 465. The van der Waals surface area contributed by atoms with Crippen molar-refractivity contribution >= 4 is 5.69 Å². The molecule has 1 N–H and O–H groups in total. The van der Waals surface area contributed by atoms with Crippen molar-refractivity contribution in [3.8, 4) is 11.4 Å². The number of aromatic nitrogens is 2. The first-order valence-electron chi connectivity index (χ1n) is 6.02. The summed E-state index contributed by atoms with van der Waals surface area (Å²) in [5.74, 6) is 0. The highest BCUT2D eigenvalue weighted by atomic mass is 15.1. The molecule has 0 amide bonds. The quantitative estimate of drug-likeness (QED) is 0.872. The fourth-order valence-corrected chi connectivity index (χ4v) is 1.59. The van der Waals surface area contributed by atoms with Crippen LogP contribution in [0.15, 0.2) is 42.7 Å². The third kappa shape index (κ3) is 3.53. The first-order chi connectivity index (χ1) is 8.75. The van der Waals surface area contributed by atoms with Gasteiger partial charge in [-0.25, -0.2) is 0 Å². The minimum absolute atomic E-state index is 0.897. The van der Waals surface area contributed by atoms with Gasteiger partial charge in [-0.15, -0.1) is 0 Å². The molecule has 0 aliphatic carbocycles. The van der Waals surface area contributed by atoms with Gasteiger partial charge in [0.1, 0.15) is 0 Å². The van der Waals surface area contributed by atoms with Crippen molar-refractivity contribution in [1.29, 1.82) is 0 Å². The average molecular weight is 242 g/mol. The van der Waals surface area contributed by atoms with Gasteiger partial charge in [0.15, 0.2) is 0 Å². The van der Waals surface area contributed by atoms with Crippen molar-refractivity contribution in [3.63, 3.8) is 0 Å². The highest BCUT2D eigenvalue weighted by molar-refractivity contribution is 5.56. The van der Waals surface area contributed by atoms with Crippen LogP contribution in [0.4, 0.5) is 5.69 Å². The van der Waals surface area contributed by atoms with Gasteiger partial charge < -0.3 is 10.2 Å². The van der Waals surface area contributed by atoms with Crippen LogP contribution in [0, 0.1) is 0 Å². The van der Waals surface area contributed by atoms with E-state index in [0.717, 1.165) is 30.2 Å². The Kier molecular flexibility index (Phi) is 4.25. The van der Waals surface area contributed by atoms with Crippen LogP contribution in [0.2, 0.25) is 0 Å². The first kappa shape index (κ1) is 12.5. The molecule has 0 unspecified atom stereocenters. The van der Waals surface area contributed by atoms with Crippen molar-refractivity contribution in [3.05, 3.63) is 42.7 Å². The number of nitrogens with zero attached hydrogens (tertiary/aromatic N) is 3. The number of pyridine rings is 2. The monoisotopic (exact) mass is 242 g/mol. The SMILES string of the molecule is CN(C)CCNc1ccc(-c2ccccn2)nc1. The molecular weight excluding hydrogens is 224 g/mol. The largest absolute Gasteiger partial charge is 0.383 e. The Balaban J connectivity index is 1.98. The maximum Gasteiger partial charge on any atom is 0.0887 e. The zero-order valence-electron chi connectivity index (χ0n) is 10.8. The van der Waals surface area contributed by atoms with Crippen LogP contribution < -0.4 is 5.32 Å². The van der Waals surface area contributed by atoms with Crippen molar-refractivity contribution in [2.45, 2.75) is 0 Å². The van der Waals surface area contributed by atoms with Gasteiger partial charge in [0.05, 0.1) is 23.3 Å². The van der Waals surface area contributed by atoms with E-state index in [9.17, 15) is 0 Å². The predicted molar refractivity (Wildman–Crippen MR) is 74.5 cm³/mol. The molecule has 2 aromatic heterocycles. The summed E-state index contributed by atoms with van der Waals surface area (Å²) in [6.45, 7) is 1.92. The lowest BCUT2D eigenvalue weighted by Gasteiger charge is -2.11. The molecule has 0 aromatic carbocycles. The normalized spacial score (nSPS) is 10.6. The van der Waals surface area contributed by atoms with E-state index in [4.69, 9.17) is 0 Å². The lowest BCUT2D eigenvalue weighted by Crippen LogP contribution is -2.20.